The monoisotopic (exact) mass is 663 g/mol. The first-order valence-electron chi connectivity index (χ1n) is 17.0. The van der Waals surface area contributed by atoms with Gasteiger partial charge in [-0.3, -0.25) is 9.59 Å². The maximum atomic E-state index is 13.8. The van der Waals surface area contributed by atoms with E-state index in [0.29, 0.717) is 57.5 Å². The summed E-state index contributed by atoms with van der Waals surface area (Å²) in [7, 11) is 0. The summed E-state index contributed by atoms with van der Waals surface area (Å²) in [6.07, 6.45) is 0.981. The van der Waals surface area contributed by atoms with Crippen molar-refractivity contribution in [1.82, 2.24) is 30.4 Å². The summed E-state index contributed by atoms with van der Waals surface area (Å²) in [5.74, 6) is 0.697. The average Bonchev–Trinajstić information content (AvgIpc) is 3.46. The molecule has 5 rings (SSSR count). The van der Waals surface area contributed by atoms with Gasteiger partial charge in [0.15, 0.2) is 5.82 Å². The molecule has 48 heavy (non-hydrogen) atoms. The predicted octanol–water partition coefficient (Wildman–Crippen LogP) is 3.94. The number of amides is 4. The number of hydrogen-bond donors (Lipinski definition) is 2. The summed E-state index contributed by atoms with van der Waals surface area (Å²) in [5, 5.41) is 5.95. The van der Waals surface area contributed by atoms with Crippen molar-refractivity contribution >= 4 is 29.8 Å². The Labute approximate surface area is 282 Å². The van der Waals surface area contributed by atoms with Crippen molar-refractivity contribution in [3.8, 4) is 11.4 Å². The molecule has 0 radical (unpaired) electrons. The zero-order valence-corrected chi connectivity index (χ0v) is 28.9. The molecule has 3 heterocycles. The van der Waals surface area contributed by atoms with Gasteiger partial charge in [0.2, 0.25) is 5.91 Å². The number of benzene rings is 1. The van der Waals surface area contributed by atoms with Crippen molar-refractivity contribution in [3.05, 3.63) is 42.1 Å². The highest BCUT2D eigenvalue weighted by molar-refractivity contribution is 5.97. The lowest BCUT2D eigenvalue weighted by Crippen LogP contribution is -2.57. The highest BCUT2D eigenvalue weighted by Gasteiger charge is 2.57. The van der Waals surface area contributed by atoms with Crippen molar-refractivity contribution in [3.63, 3.8) is 0 Å². The smallest absolute Gasteiger partial charge is 0.409 e. The van der Waals surface area contributed by atoms with Crippen molar-refractivity contribution < 1.29 is 28.7 Å². The van der Waals surface area contributed by atoms with Gasteiger partial charge in [-0.05, 0) is 33.1 Å². The van der Waals surface area contributed by atoms with Crippen LogP contribution in [-0.2, 0) is 14.3 Å². The summed E-state index contributed by atoms with van der Waals surface area (Å²) in [5.41, 5.74) is 0.370. The molecule has 260 valence electrons. The van der Waals surface area contributed by atoms with Crippen LogP contribution in [0.4, 0.5) is 15.4 Å². The summed E-state index contributed by atoms with van der Waals surface area (Å²) in [4.78, 5) is 67.1. The van der Waals surface area contributed by atoms with Gasteiger partial charge in [-0.25, -0.2) is 19.6 Å². The van der Waals surface area contributed by atoms with Crippen molar-refractivity contribution in [2.24, 2.45) is 17.8 Å². The number of piperazine rings is 1. The van der Waals surface area contributed by atoms with Gasteiger partial charge in [0.05, 0.1) is 6.61 Å². The van der Waals surface area contributed by atoms with Crippen LogP contribution < -0.4 is 15.5 Å². The second-order valence-corrected chi connectivity index (χ2v) is 14.2. The van der Waals surface area contributed by atoms with E-state index in [1.807, 2.05) is 71.9 Å². The van der Waals surface area contributed by atoms with E-state index in [9.17, 15) is 19.2 Å². The van der Waals surface area contributed by atoms with E-state index in [-0.39, 0.29) is 41.5 Å². The van der Waals surface area contributed by atoms with Gasteiger partial charge in [-0.1, -0.05) is 57.5 Å². The first kappa shape index (κ1) is 34.9. The molecule has 4 amide bonds. The largest absolute Gasteiger partial charge is 0.449 e. The molecular formula is C35H49N7O6. The molecule has 2 N–H and O–H groups in total. The predicted molar refractivity (Wildman–Crippen MR) is 180 cm³/mol. The second-order valence-electron chi connectivity index (χ2n) is 14.2. The summed E-state index contributed by atoms with van der Waals surface area (Å²) >= 11 is 0. The fourth-order valence-electron chi connectivity index (χ4n) is 6.23. The van der Waals surface area contributed by atoms with E-state index in [1.165, 1.54) is 0 Å². The first-order valence-corrected chi connectivity index (χ1v) is 17.0. The van der Waals surface area contributed by atoms with Crippen molar-refractivity contribution in [2.75, 3.05) is 50.8 Å². The molecule has 0 spiro atoms. The second kappa shape index (κ2) is 14.8. The first-order chi connectivity index (χ1) is 22.8. The molecule has 1 aromatic carbocycles. The number of nitrogens with one attached hydrogen (secondary N) is 2. The van der Waals surface area contributed by atoms with Crippen molar-refractivity contribution in [1.29, 1.82) is 0 Å². The minimum Gasteiger partial charge on any atom is -0.449 e. The third-order valence-corrected chi connectivity index (χ3v) is 8.97. The number of carbonyl (C=O) groups is 4. The molecule has 13 nitrogen and oxygen atoms in total. The van der Waals surface area contributed by atoms with Gasteiger partial charge in [-0.2, -0.15) is 0 Å². The zero-order chi connectivity index (χ0) is 34.6. The van der Waals surface area contributed by atoms with Crippen LogP contribution in [0.1, 0.15) is 64.9 Å². The lowest BCUT2D eigenvalue weighted by atomic mass is 10.0. The molecule has 1 saturated carbocycles. The van der Waals surface area contributed by atoms with Gasteiger partial charge in [0, 0.05) is 68.8 Å². The van der Waals surface area contributed by atoms with E-state index < -0.39 is 23.6 Å². The van der Waals surface area contributed by atoms with Crippen LogP contribution in [0, 0.1) is 17.8 Å². The standard InChI is InChI=1S/C35H49N7O6/c1-7-8-18-47-34(46)41-16-14-40(15-17-41)32(44)28(22(2)3)38-31(43)26-19-27(37-30(36-26)23-12-10-9-11-13-23)42-20-24-25(21-42)29(24)39-33(45)48-35(4,5)6/h9-13,19,22,24-25,28-29H,7-8,14-18,20-21H2,1-6H3,(H,38,43)(H,39,45)/t24-,25+,28-,29-/m0/s1. The van der Waals surface area contributed by atoms with E-state index >= 15 is 0 Å². The van der Waals surface area contributed by atoms with Crippen molar-refractivity contribution in [2.45, 2.75) is 72.1 Å². The Balaban J connectivity index is 1.26. The normalized spacial score (nSPS) is 21.0. The SMILES string of the molecule is CCCCOC(=O)N1CCN(C(=O)[C@@H](NC(=O)c2cc(N3C[C@@H]4[C@H](C3)[C@@H]4NC(=O)OC(C)(C)C)nc(-c3ccccc3)n2)C(C)C)CC1. The van der Waals surface area contributed by atoms with Crippen LogP contribution >= 0.6 is 0 Å². The maximum absolute atomic E-state index is 13.8. The summed E-state index contributed by atoms with van der Waals surface area (Å²) in [6, 6.07) is 10.4. The third kappa shape index (κ3) is 8.53. The van der Waals surface area contributed by atoms with Gasteiger partial charge < -0.3 is 34.8 Å². The molecule has 0 unspecified atom stereocenters. The Morgan fingerprint density at radius 1 is 0.958 bits per heavy atom. The van der Waals surface area contributed by atoms with Crippen LogP contribution in [0.15, 0.2) is 36.4 Å². The highest BCUT2D eigenvalue weighted by atomic mass is 16.6. The molecule has 2 saturated heterocycles. The Morgan fingerprint density at radius 3 is 2.21 bits per heavy atom. The molecular weight excluding hydrogens is 614 g/mol. The number of alkyl carbamates (subject to hydrolysis) is 1. The Kier molecular flexibility index (Phi) is 10.7. The molecule has 4 atom stereocenters. The van der Waals surface area contributed by atoms with E-state index in [4.69, 9.17) is 14.5 Å². The topological polar surface area (TPSA) is 146 Å². The Morgan fingerprint density at radius 2 is 1.60 bits per heavy atom. The van der Waals surface area contributed by atoms with E-state index in [1.54, 1.807) is 15.9 Å². The molecule has 13 heteroatoms. The van der Waals surface area contributed by atoms with Gasteiger partial charge in [0.1, 0.15) is 23.2 Å². The van der Waals surface area contributed by atoms with Crippen LogP contribution in [0.3, 0.4) is 0 Å². The number of piperidine rings is 1. The number of aromatic nitrogens is 2. The lowest BCUT2D eigenvalue weighted by molar-refractivity contribution is -0.136. The molecule has 1 aromatic heterocycles. The molecule has 0 bridgehead atoms. The number of rotatable bonds is 10. The quantitative estimate of drug-likeness (QED) is 0.361. The number of hydrogen-bond acceptors (Lipinski definition) is 9. The Hall–Kier alpha value is -4.42. The zero-order valence-electron chi connectivity index (χ0n) is 28.9. The molecule has 3 fully saturated rings. The fraction of sp³-hybridized carbons (Fsp3) is 0.600. The molecule has 2 aliphatic heterocycles. The Bertz CT molecular complexity index is 1460. The third-order valence-electron chi connectivity index (χ3n) is 8.97. The highest BCUT2D eigenvalue weighted by Crippen LogP contribution is 2.46. The average molecular weight is 664 g/mol. The van der Waals surface area contributed by atoms with E-state index in [0.717, 1.165) is 18.4 Å². The van der Waals surface area contributed by atoms with Crippen LogP contribution in [-0.4, -0.2) is 107 Å². The fourth-order valence-corrected chi connectivity index (χ4v) is 6.23. The van der Waals surface area contributed by atoms with E-state index in [2.05, 4.69) is 20.5 Å². The summed E-state index contributed by atoms with van der Waals surface area (Å²) in [6.45, 7) is 14.5. The molecule has 2 aromatic rings. The van der Waals surface area contributed by atoms with Gasteiger partial charge >= 0.3 is 12.2 Å². The minimum atomic E-state index is -0.779. The van der Waals surface area contributed by atoms with Crippen LogP contribution in [0.5, 0.6) is 0 Å². The molecule has 1 aliphatic carbocycles. The minimum absolute atomic E-state index is 0.0423. The van der Waals surface area contributed by atoms with Crippen LogP contribution in [0.2, 0.25) is 0 Å². The number of fused-ring (bicyclic) bond motifs is 1. The number of carbonyl (C=O) groups excluding carboxylic acids is 4. The van der Waals surface area contributed by atoms with Gasteiger partial charge in [-0.15, -0.1) is 0 Å². The maximum Gasteiger partial charge on any atom is 0.409 e. The lowest BCUT2D eigenvalue weighted by Gasteiger charge is -2.36. The summed E-state index contributed by atoms with van der Waals surface area (Å²) < 4.78 is 10.8. The molecule has 3 aliphatic rings. The number of nitrogens with zero attached hydrogens (tertiary/aromatic N) is 5. The van der Waals surface area contributed by atoms with Crippen LogP contribution in [0.25, 0.3) is 11.4 Å². The number of anilines is 1. The number of unbranched alkanes of at least 4 members (excludes halogenated alkanes) is 1. The number of ether oxygens (including phenoxy) is 2. The van der Waals surface area contributed by atoms with Gasteiger partial charge in [0.25, 0.3) is 5.91 Å².